The molecule has 26 heavy (non-hydrogen) atoms. The second-order valence-corrected chi connectivity index (χ2v) is 6.55. The van der Waals surface area contributed by atoms with Gasteiger partial charge in [0.2, 0.25) is 0 Å². The summed E-state index contributed by atoms with van der Waals surface area (Å²) in [5.41, 5.74) is 17.8. The smallest absolute Gasteiger partial charge is 0.138 e. The number of hydrogen-bond donors (Lipinski definition) is 5. The van der Waals surface area contributed by atoms with Gasteiger partial charge in [0, 0.05) is 28.9 Å². The largest absolute Gasteiger partial charge is 0.399 e. The van der Waals surface area contributed by atoms with Crippen LogP contribution in [0.4, 0.5) is 22.7 Å². The Balaban J connectivity index is 1.57. The molecule has 4 aromatic rings. The van der Waals surface area contributed by atoms with Crippen LogP contribution < -0.4 is 22.1 Å². The molecule has 1 aliphatic heterocycles. The highest BCUT2D eigenvalue weighted by Crippen LogP contribution is 2.39. The summed E-state index contributed by atoms with van der Waals surface area (Å²) in [6.07, 6.45) is -0.0266. The first-order chi connectivity index (χ1) is 12.7. The first-order valence-electron chi connectivity index (χ1n) is 8.51. The first-order valence-corrected chi connectivity index (χ1v) is 8.51. The number of aromatic amines is 1. The number of rotatable bonds is 2. The van der Waals surface area contributed by atoms with Crippen molar-refractivity contribution in [2.24, 2.45) is 0 Å². The van der Waals surface area contributed by atoms with Crippen LogP contribution in [0.5, 0.6) is 0 Å². The van der Waals surface area contributed by atoms with E-state index in [1.807, 2.05) is 36.4 Å². The van der Waals surface area contributed by atoms with E-state index >= 15 is 0 Å². The number of anilines is 3. The molecule has 1 aromatic heterocycles. The Morgan fingerprint density at radius 2 is 1.77 bits per heavy atom. The van der Waals surface area contributed by atoms with Gasteiger partial charge in [0.15, 0.2) is 0 Å². The Morgan fingerprint density at radius 1 is 0.923 bits per heavy atom. The summed E-state index contributed by atoms with van der Waals surface area (Å²) >= 11 is 0. The molecular formula is C20H19N6+. The van der Waals surface area contributed by atoms with Gasteiger partial charge in [0.05, 0.1) is 22.4 Å². The molecule has 5 rings (SSSR count). The summed E-state index contributed by atoms with van der Waals surface area (Å²) in [7, 11) is 0. The standard InChI is InChI=1S/C20H18N6/c21-11-5-7-15-17(9-11)25-19(23-15)13-3-1-2-4-14(13)20-24-16-8-6-12(22)10-18(16)26-20/h1-10,19,23,25H,21-22H2,(H,24,26)/p+1. The van der Waals surface area contributed by atoms with E-state index in [1.54, 1.807) is 0 Å². The quantitative estimate of drug-likeness (QED) is 0.360. The molecule has 1 aliphatic rings. The molecule has 1 unspecified atom stereocenters. The molecule has 0 saturated heterocycles. The van der Waals surface area contributed by atoms with Crippen LogP contribution in [0.15, 0.2) is 60.7 Å². The van der Waals surface area contributed by atoms with Crippen LogP contribution in [0.2, 0.25) is 0 Å². The number of nitrogens with two attached hydrogens (primary N) is 1. The van der Waals surface area contributed by atoms with Crippen molar-refractivity contribution >= 4 is 33.8 Å². The van der Waals surface area contributed by atoms with Crippen molar-refractivity contribution in [2.75, 3.05) is 16.4 Å². The van der Waals surface area contributed by atoms with E-state index in [2.05, 4.69) is 45.6 Å². The molecule has 0 spiro atoms. The zero-order valence-corrected chi connectivity index (χ0v) is 14.1. The van der Waals surface area contributed by atoms with Gasteiger partial charge in [-0.15, -0.1) is 0 Å². The molecular weight excluding hydrogens is 324 g/mol. The number of nitrogens with one attached hydrogen (secondary N) is 3. The monoisotopic (exact) mass is 343 g/mol. The zero-order chi connectivity index (χ0) is 17.7. The second-order valence-electron chi connectivity index (χ2n) is 6.55. The van der Waals surface area contributed by atoms with Crippen LogP contribution >= 0.6 is 0 Å². The SMILES string of the molecule is Nc1ccc2nc(-c3ccccc3C3Nc4ccc([NH3+])cc4N3)[nH]c2c1. The summed E-state index contributed by atoms with van der Waals surface area (Å²) < 4.78 is 0. The molecule has 6 heteroatoms. The molecule has 0 radical (unpaired) electrons. The lowest BCUT2D eigenvalue weighted by Gasteiger charge is -2.16. The fourth-order valence-corrected chi connectivity index (χ4v) is 3.46. The molecule has 2 heterocycles. The van der Waals surface area contributed by atoms with Gasteiger partial charge in [-0.2, -0.15) is 0 Å². The number of aromatic nitrogens is 2. The number of benzene rings is 3. The number of quaternary nitrogens is 1. The van der Waals surface area contributed by atoms with Crippen molar-refractivity contribution < 1.29 is 5.73 Å². The lowest BCUT2D eigenvalue weighted by molar-refractivity contribution is -0.254. The molecule has 0 fully saturated rings. The van der Waals surface area contributed by atoms with E-state index in [0.717, 1.165) is 50.7 Å². The average molecular weight is 343 g/mol. The normalized spacial score (nSPS) is 15.5. The maximum absolute atomic E-state index is 5.89. The van der Waals surface area contributed by atoms with Crippen LogP contribution in [-0.2, 0) is 0 Å². The van der Waals surface area contributed by atoms with Crippen molar-refractivity contribution in [1.82, 2.24) is 9.97 Å². The Kier molecular flexibility index (Phi) is 3.13. The van der Waals surface area contributed by atoms with Crippen molar-refractivity contribution in [1.29, 1.82) is 0 Å². The number of nitrogens with zero attached hydrogens (tertiary/aromatic N) is 1. The number of fused-ring (bicyclic) bond motifs is 2. The molecule has 0 saturated carbocycles. The third-order valence-corrected chi connectivity index (χ3v) is 4.72. The summed E-state index contributed by atoms with van der Waals surface area (Å²) in [5, 5.41) is 7.06. The molecule has 128 valence electrons. The van der Waals surface area contributed by atoms with Crippen LogP contribution in [-0.4, -0.2) is 9.97 Å². The summed E-state index contributed by atoms with van der Waals surface area (Å²) in [6, 6.07) is 20.1. The minimum atomic E-state index is -0.0266. The van der Waals surface area contributed by atoms with Gasteiger partial charge in [0.1, 0.15) is 17.7 Å². The van der Waals surface area contributed by atoms with Crippen LogP contribution in [0.3, 0.4) is 0 Å². The first kappa shape index (κ1) is 14.8. The number of H-pyrrole nitrogens is 1. The third kappa shape index (κ3) is 2.35. The van der Waals surface area contributed by atoms with Gasteiger partial charge in [-0.1, -0.05) is 24.3 Å². The third-order valence-electron chi connectivity index (χ3n) is 4.72. The van der Waals surface area contributed by atoms with E-state index in [9.17, 15) is 0 Å². The average Bonchev–Trinajstić information content (AvgIpc) is 3.24. The lowest BCUT2D eigenvalue weighted by Crippen LogP contribution is -2.39. The molecule has 0 amide bonds. The van der Waals surface area contributed by atoms with Crippen LogP contribution in [0.1, 0.15) is 11.7 Å². The highest BCUT2D eigenvalue weighted by molar-refractivity contribution is 5.84. The van der Waals surface area contributed by atoms with E-state index in [0.29, 0.717) is 0 Å². The van der Waals surface area contributed by atoms with Gasteiger partial charge in [0.25, 0.3) is 0 Å². The second kappa shape index (κ2) is 5.50. The van der Waals surface area contributed by atoms with Crippen LogP contribution in [0.25, 0.3) is 22.4 Å². The molecule has 0 bridgehead atoms. The summed E-state index contributed by atoms with van der Waals surface area (Å²) in [6.45, 7) is 0. The number of imidazole rings is 1. The zero-order valence-electron chi connectivity index (χ0n) is 14.1. The highest BCUT2D eigenvalue weighted by atomic mass is 15.2. The van der Waals surface area contributed by atoms with Gasteiger partial charge in [-0.3, -0.25) is 0 Å². The Labute approximate surface area is 150 Å². The molecule has 1 atom stereocenters. The van der Waals surface area contributed by atoms with Crippen molar-refractivity contribution in [2.45, 2.75) is 6.17 Å². The van der Waals surface area contributed by atoms with Gasteiger partial charge in [-0.25, -0.2) is 4.98 Å². The minimum Gasteiger partial charge on any atom is -0.399 e. The van der Waals surface area contributed by atoms with Gasteiger partial charge in [-0.05, 0) is 24.3 Å². The van der Waals surface area contributed by atoms with E-state index < -0.39 is 0 Å². The van der Waals surface area contributed by atoms with Crippen molar-refractivity contribution in [3.05, 3.63) is 66.2 Å². The van der Waals surface area contributed by atoms with E-state index in [4.69, 9.17) is 10.7 Å². The number of nitrogen functional groups attached to an aromatic ring is 1. The predicted octanol–water partition coefficient (Wildman–Crippen LogP) is 3.22. The van der Waals surface area contributed by atoms with E-state index in [-0.39, 0.29) is 6.17 Å². The maximum Gasteiger partial charge on any atom is 0.138 e. The Hall–Kier alpha value is -3.51. The van der Waals surface area contributed by atoms with Crippen LogP contribution in [0, 0.1) is 0 Å². The molecule has 3 aromatic carbocycles. The predicted molar refractivity (Wildman–Crippen MR) is 105 cm³/mol. The summed E-state index contributed by atoms with van der Waals surface area (Å²) in [5.74, 6) is 0.832. The summed E-state index contributed by atoms with van der Waals surface area (Å²) in [4.78, 5) is 8.13. The molecule has 6 nitrogen and oxygen atoms in total. The van der Waals surface area contributed by atoms with Crippen molar-refractivity contribution in [3.8, 4) is 11.4 Å². The minimum absolute atomic E-state index is 0.0266. The highest BCUT2D eigenvalue weighted by Gasteiger charge is 2.24. The molecule has 0 aliphatic carbocycles. The topological polar surface area (TPSA) is 106 Å². The Morgan fingerprint density at radius 3 is 2.69 bits per heavy atom. The van der Waals surface area contributed by atoms with Crippen molar-refractivity contribution in [3.63, 3.8) is 0 Å². The maximum atomic E-state index is 5.89. The fourth-order valence-electron chi connectivity index (χ4n) is 3.46. The Bertz CT molecular complexity index is 1130. The molecule has 8 N–H and O–H groups in total. The number of hydrogen-bond acceptors (Lipinski definition) is 4. The fraction of sp³-hybridized carbons (Fsp3) is 0.0500. The van der Waals surface area contributed by atoms with Gasteiger partial charge < -0.3 is 27.1 Å². The van der Waals surface area contributed by atoms with Gasteiger partial charge >= 0.3 is 0 Å². The van der Waals surface area contributed by atoms with E-state index in [1.165, 1.54) is 0 Å². The lowest BCUT2D eigenvalue weighted by atomic mass is 10.0.